The van der Waals surface area contributed by atoms with Gasteiger partial charge in [-0.3, -0.25) is 4.57 Å². The van der Waals surface area contributed by atoms with Gasteiger partial charge in [0.05, 0.1) is 77.4 Å². The monoisotopic (exact) mass is 752 g/mol. The van der Waals surface area contributed by atoms with Gasteiger partial charge in [0.2, 0.25) is 5.95 Å². The molecule has 4 heterocycles. The van der Waals surface area contributed by atoms with Gasteiger partial charge in [-0.1, -0.05) is 133 Å². The second-order valence-electron chi connectivity index (χ2n) is 12.7. The molecule has 4 aromatic heterocycles. The van der Waals surface area contributed by atoms with Crippen molar-refractivity contribution in [1.29, 1.82) is 0 Å². The zero-order chi connectivity index (χ0) is 58.3. The predicted octanol–water partition coefficient (Wildman–Crippen LogP) is 12.5. The van der Waals surface area contributed by atoms with Crippen LogP contribution in [0, 0.1) is 0 Å². The zero-order valence-corrected chi connectivity index (χ0v) is 28.8. The molecule has 0 aliphatic heterocycles. The lowest BCUT2D eigenvalue weighted by molar-refractivity contribution is 0.950. The van der Waals surface area contributed by atoms with Gasteiger partial charge in [-0.15, -0.1) is 0 Å². The van der Waals surface area contributed by atoms with Gasteiger partial charge in [0.25, 0.3) is 0 Å². The van der Waals surface area contributed by atoms with E-state index in [9.17, 15) is 8.22 Å². The molecule has 0 atom stereocenters. The summed E-state index contributed by atoms with van der Waals surface area (Å²) in [5.41, 5.74) is -2.25. The lowest BCUT2D eigenvalue weighted by atomic mass is 10.1. The second kappa shape index (κ2) is 12.3. The highest BCUT2D eigenvalue weighted by Crippen LogP contribution is 2.39. The summed E-state index contributed by atoms with van der Waals surface area (Å²) in [6.07, 6.45) is 0. The quantitative estimate of drug-likeness (QED) is 0.176. The van der Waals surface area contributed by atoms with Crippen LogP contribution in [0.3, 0.4) is 0 Å². The first kappa shape index (κ1) is 16.1. The minimum Gasteiger partial charge on any atom is -0.309 e. The van der Waals surface area contributed by atoms with Crippen molar-refractivity contribution < 1.29 is 32.9 Å². The average molecular weight is 753 g/mol. The molecule has 0 N–H and O–H groups in total. The van der Waals surface area contributed by atoms with Gasteiger partial charge < -0.3 is 9.13 Å². The molecule has 6 nitrogen and oxygen atoms in total. The predicted molar refractivity (Wildman–Crippen MR) is 234 cm³/mol. The highest BCUT2D eigenvalue weighted by molar-refractivity contribution is 6.11. The molecule has 0 aliphatic rings. The first-order valence-corrected chi connectivity index (χ1v) is 17.3. The Balaban J connectivity index is 1.30. The summed E-state index contributed by atoms with van der Waals surface area (Å²) in [5.74, 6) is -1.36. The van der Waals surface area contributed by atoms with Crippen LogP contribution in [0.1, 0.15) is 32.9 Å². The Bertz CT molecular complexity index is 4490. The third kappa shape index (κ3) is 4.68. The minimum absolute atomic E-state index is 0.0654. The van der Waals surface area contributed by atoms with Crippen molar-refractivity contribution in [2.24, 2.45) is 0 Å². The number of hydrogen-bond donors (Lipinski definition) is 0. The molecular weight excluding hydrogens is 697 g/mol. The molecule has 0 radical (unpaired) electrons. The van der Waals surface area contributed by atoms with Crippen LogP contribution >= 0.6 is 0 Å². The van der Waals surface area contributed by atoms with Crippen LogP contribution in [0.2, 0.25) is 0 Å². The van der Waals surface area contributed by atoms with Crippen molar-refractivity contribution in [3.8, 4) is 40.1 Å². The molecule has 0 bridgehead atoms. The van der Waals surface area contributed by atoms with Crippen LogP contribution in [-0.2, 0) is 0 Å². The van der Waals surface area contributed by atoms with Crippen LogP contribution in [0.15, 0.2) is 194 Å². The van der Waals surface area contributed by atoms with Crippen LogP contribution < -0.4 is 0 Å². The Hall–Kier alpha value is -7.83. The van der Waals surface area contributed by atoms with Crippen molar-refractivity contribution in [3.05, 3.63) is 194 Å². The first-order valence-electron chi connectivity index (χ1n) is 29.3. The van der Waals surface area contributed by atoms with E-state index in [0.717, 1.165) is 4.57 Å². The maximum atomic E-state index is 9.32. The molecule has 0 aliphatic carbocycles. The van der Waals surface area contributed by atoms with Crippen molar-refractivity contribution in [2.75, 3.05) is 0 Å². The summed E-state index contributed by atoms with van der Waals surface area (Å²) in [6, 6.07) is -4.80. The molecule has 0 fully saturated rings. The Morgan fingerprint density at radius 2 is 0.596 bits per heavy atom. The summed E-state index contributed by atoms with van der Waals surface area (Å²) >= 11 is 0. The Morgan fingerprint density at radius 3 is 0.930 bits per heavy atom. The van der Waals surface area contributed by atoms with E-state index in [1.54, 1.807) is 0 Å². The molecule has 12 aromatic rings. The highest BCUT2D eigenvalue weighted by Gasteiger charge is 2.23. The van der Waals surface area contributed by atoms with Crippen molar-refractivity contribution in [1.82, 2.24) is 28.7 Å². The van der Waals surface area contributed by atoms with Crippen LogP contribution in [0.4, 0.5) is 0 Å². The van der Waals surface area contributed by atoms with Crippen molar-refractivity contribution in [2.45, 2.75) is 0 Å². The van der Waals surface area contributed by atoms with Gasteiger partial charge in [-0.25, -0.2) is 4.98 Å². The van der Waals surface area contributed by atoms with Gasteiger partial charge >= 0.3 is 0 Å². The molecule has 12 rings (SSSR count). The molecule has 57 heavy (non-hydrogen) atoms. The number of hydrogen-bond acceptors (Lipinski definition) is 3. The zero-order valence-electron chi connectivity index (χ0n) is 52.8. The summed E-state index contributed by atoms with van der Waals surface area (Å²) in [6.45, 7) is 0. The number of aromatic nitrogens is 6. The molecular formula is C51H32N6. The van der Waals surface area contributed by atoms with Gasteiger partial charge in [0.1, 0.15) is 0 Å². The molecule has 8 aromatic carbocycles. The molecule has 0 spiro atoms. The molecule has 0 unspecified atom stereocenters. The topological polar surface area (TPSA) is 53.5 Å². The number of benzene rings is 8. The van der Waals surface area contributed by atoms with E-state index in [4.69, 9.17) is 39.6 Å². The van der Waals surface area contributed by atoms with Crippen LogP contribution in [-0.4, -0.2) is 28.7 Å². The standard InChI is InChI=1S/C51H32N6/c1-9-25-41-33(17-1)34-18-2-10-26-42(34)55(41)47-31-15-7-23-39(47)49-52-50(54-51(53-49)57-45-29-13-5-21-37(45)38-22-6-14-30-46(38)57)40-24-8-16-32-48(40)56-43-27-11-3-19-35(43)36-20-4-12-28-44(36)56/h1-32H/i1D,2D,3D,4D,5D,6D,9D,10D,11D,12D,13D,14D,17D,18D,19D,20D,21D,22D,25D,26D,27D,28D,29D,30D. The smallest absolute Gasteiger partial charge is 0.238 e. The largest absolute Gasteiger partial charge is 0.309 e. The Kier molecular flexibility index (Phi) is 3.49. The fourth-order valence-corrected chi connectivity index (χ4v) is 7.37. The van der Waals surface area contributed by atoms with Crippen LogP contribution in [0.25, 0.3) is 106 Å². The molecule has 0 amide bonds. The van der Waals surface area contributed by atoms with Gasteiger partial charge in [0.15, 0.2) is 11.6 Å². The first-order chi connectivity index (χ1) is 38.3. The third-order valence-corrected chi connectivity index (χ3v) is 9.69. The number of fused-ring (bicyclic) bond motifs is 9. The number of para-hydroxylation sites is 8. The molecule has 266 valence electrons. The number of rotatable bonds is 5. The maximum Gasteiger partial charge on any atom is 0.238 e. The van der Waals surface area contributed by atoms with Gasteiger partial charge in [0, 0.05) is 43.4 Å². The normalized spacial score (nSPS) is 17.8. The van der Waals surface area contributed by atoms with Crippen LogP contribution in [0.5, 0.6) is 0 Å². The Morgan fingerprint density at radius 1 is 0.316 bits per heavy atom. The maximum absolute atomic E-state index is 9.32. The van der Waals surface area contributed by atoms with E-state index in [-0.39, 0.29) is 88.5 Å². The van der Waals surface area contributed by atoms with Gasteiger partial charge in [-0.05, 0) is 60.5 Å². The van der Waals surface area contributed by atoms with E-state index in [1.807, 2.05) is 0 Å². The molecule has 0 saturated heterocycles. The lowest BCUT2D eigenvalue weighted by Crippen LogP contribution is -2.09. The van der Waals surface area contributed by atoms with Gasteiger partial charge in [-0.2, -0.15) is 9.97 Å². The molecule has 0 saturated carbocycles. The summed E-state index contributed by atoms with van der Waals surface area (Å²) in [5, 5.41) is -1.76. The summed E-state index contributed by atoms with van der Waals surface area (Å²) in [4.78, 5) is 14.7. The fraction of sp³-hybridized carbons (Fsp3) is 0. The lowest BCUT2D eigenvalue weighted by Gasteiger charge is -2.17. The SMILES string of the molecule is [2H]c1c([2H])c([2H])c2c(c1[2H])c1c([2H])c([2H])c([2H])c([2H])c1n2-c1nc(-c2ccccc2-n2c3c([2H])c([2H])c([2H])c([2H])c3c3c([2H])c([2H])c([2H])c([2H])c32)nc(-c2ccccc2-n2c3c([2H])c([2H])c([2H])c([2H])c3c3c([2H])c([2H])c([2H])c([2H])c32)n1. The number of nitrogens with zero attached hydrogens (tertiary/aromatic N) is 6. The molecule has 6 heteroatoms. The van der Waals surface area contributed by atoms with Crippen molar-refractivity contribution >= 4 is 65.4 Å². The summed E-state index contributed by atoms with van der Waals surface area (Å²) in [7, 11) is 0. The third-order valence-electron chi connectivity index (χ3n) is 9.69. The van der Waals surface area contributed by atoms with E-state index in [0.29, 0.717) is 0 Å². The van der Waals surface area contributed by atoms with E-state index in [1.165, 1.54) is 57.7 Å². The van der Waals surface area contributed by atoms with Crippen molar-refractivity contribution in [3.63, 3.8) is 0 Å². The average Bonchev–Trinajstić information content (AvgIpc) is 4.33. The highest BCUT2D eigenvalue weighted by atomic mass is 15.2. The van der Waals surface area contributed by atoms with E-state index >= 15 is 0 Å². The Labute approximate surface area is 360 Å². The van der Waals surface area contributed by atoms with E-state index in [2.05, 4.69) is 0 Å². The van der Waals surface area contributed by atoms with E-state index < -0.39 is 162 Å². The second-order valence-corrected chi connectivity index (χ2v) is 12.7. The summed E-state index contributed by atoms with van der Waals surface area (Å²) < 4.78 is 218. The fourth-order valence-electron chi connectivity index (χ4n) is 7.37. The minimum atomic E-state index is -0.780.